The van der Waals surface area contributed by atoms with Gasteiger partial charge in [0, 0.05) is 48.9 Å². The summed E-state index contributed by atoms with van der Waals surface area (Å²) in [6, 6.07) is 10.1. The number of allylic oxidation sites excluding steroid dienone is 5. The molecule has 4 heteroatoms. The fourth-order valence-corrected chi connectivity index (χ4v) is 2.36. The van der Waals surface area contributed by atoms with Crippen molar-refractivity contribution in [2.75, 3.05) is 6.54 Å². The maximum Gasteiger partial charge on any atom is 0.0938 e. The van der Waals surface area contributed by atoms with Crippen molar-refractivity contribution in [2.45, 2.75) is 41.5 Å². The molecule has 0 aromatic heterocycles. The molecular formula is C24H32N3U-. The number of hydrogen-bond acceptors (Lipinski definition) is 3. The molecule has 1 aliphatic rings. The quantitative estimate of drug-likeness (QED) is 0.267. The minimum atomic E-state index is 0. The molecule has 0 amide bonds. The molecule has 1 aromatic rings. The molecule has 0 aliphatic carbocycles. The molecule has 0 bridgehead atoms. The molecule has 1 aliphatic heterocycles. The number of nitriles is 1. The molecule has 0 saturated carbocycles. The van der Waals surface area contributed by atoms with Gasteiger partial charge in [0.05, 0.1) is 6.07 Å². The van der Waals surface area contributed by atoms with Crippen LogP contribution in [0.5, 0.6) is 0 Å². The number of benzene rings is 1. The predicted molar refractivity (Wildman–Crippen MR) is 118 cm³/mol. The third kappa shape index (κ3) is 8.06. The van der Waals surface area contributed by atoms with Crippen LogP contribution in [0.2, 0.25) is 0 Å². The van der Waals surface area contributed by atoms with Gasteiger partial charge in [-0.3, -0.25) is 0 Å². The predicted octanol–water partition coefficient (Wildman–Crippen LogP) is 5.86. The molecule has 1 aromatic carbocycles. The Morgan fingerprint density at radius 3 is 2.25 bits per heavy atom. The molecule has 0 fully saturated rings. The summed E-state index contributed by atoms with van der Waals surface area (Å²) in [5.74, 6) is 0.169. The van der Waals surface area contributed by atoms with Crippen LogP contribution in [-0.4, -0.2) is 12.3 Å². The number of fused-ring (bicyclic) bond motifs is 1. The maximum atomic E-state index is 9.19. The normalized spacial score (nSPS) is 12.9. The summed E-state index contributed by atoms with van der Waals surface area (Å²) >= 11 is 0. The van der Waals surface area contributed by atoms with E-state index in [4.69, 9.17) is 5.73 Å². The van der Waals surface area contributed by atoms with Gasteiger partial charge in [0.15, 0.2) is 0 Å². The molecule has 0 unspecified atom stereocenters. The van der Waals surface area contributed by atoms with Crippen LogP contribution in [0.4, 0.5) is 0 Å². The van der Waals surface area contributed by atoms with Crippen molar-refractivity contribution in [1.82, 2.24) is 0 Å². The second-order valence-corrected chi connectivity index (χ2v) is 5.54. The van der Waals surface area contributed by atoms with E-state index in [-0.39, 0.29) is 37.0 Å². The average Bonchev–Trinajstić information content (AvgIpc) is 2.88. The number of nitrogens with zero attached hydrogens (tertiary/aromatic N) is 2. The van der Waals surface area contributed by atoms with E-state index in [0.29, 0.717) is 12.1 Å². The van der Waals surface area contributed by atoms with E-state index >= 15 is 0 Å². The minimum Gasteiger partial charge on any atom is -0.398 e. The zero-order valence-electron chi connectivity index (χ0n) is 18.0. The van der Waals surface area contributed by atoms with Crippen molar-refractivity contribution in [3.63, 3.8) is 0 Å². The minimum absolute atomic E-state index is 0. The molecule has 0 radical (unpaired) electrons. The first kappa shape index (κ1) is 28.4. The maximum absolute atomic E-state index is 9.19. The van der Waals surface area contributed by atoms with Gasteiger partial charge in [0.1, 0.15) is 0 Å². The second-order valence-electron chi connectivity index (χ2n) is 5.54. The first-order valence-electron chi connectivity index (χ1n) is 9.53. The number of nitrogens with two attached hydrogens (primary N) is 1. The van der Waals surface area contributed by atoms with Crippen LogP contribution < -0.4 is 5.73 Å². The molecule has 0 spiro atoms. The van der Waals surface area contributed by atoms with Crippen molar-refractivity contribution < 1.29 is 31.1 Å². The Morgan fingerprint density at radius 2 is 1.75 bits per heavy atom. The number of aliphatic imine (C=N–C) groups is 1. The summed E-state index contributed by atoms with van der Waals surface area (Å²) in [6.45, 7) is 16.3. The first-order chi connectivity index (χ1) is 13.1. The Kier molecular flexibility index (Phi) is 16.4. The van der Waals surface area contributed by atoms with Crippen molar-refractivity contribution in [2.24, 2.45) is 16.6 Å². The van der Waals surface area contributed by atoms with Gasteiger partial charge in [-0.1, -0.05) is 65.8 Å². The summed E-state index contributed by atoms with van der Waals surface area (Å²) in [4.78, 5) is 4.61. The Balaban J connectivity index is 0. The zero-order valence-corrected chi connectivity index (χ0v) is 22.2. The molecule has 28 heavy (non-hydrogen) atoms. The summed E-state index contributed by atoms with van der Waals surface area (Å²) in [5.41, 5.74) is 11.0. The first-order valence-corrected chi connectivity index (χ1v) is 9.53. The van der Waals surface area contributed by atoms with Crippen LogP contribution in [0.25, 0.3) is 5.70 Å². The van der Waals surface area contributed by atoms with Gasteiger partial charge in [-0.05, 0) is 28.8 Å². The van der Waals surface area contributed by atoms with E-state index in [9.17, 15) is 5.26 Å². The van der Waals surface area contributed by atoms with E-state index in [1.807, 2.05) is 84.0 Å². The topological polar surface area (TPSA) is 62.2 Å². The Morgan fingerprint density at radius 1 is 1.18 bits per heavy atom. The zero-order chi connectivity index (χ0) is 20.8. The van der Waals surface area contributed by atoms with Crippen LogP contribution >= 0.6 is 0 Å². The summed E-state index contributed by atoms with van der Waals surface area (Å²) in [7, 11) is 0. The SMILES string of the molecule is C=[C-]/C(=C\C=C(\C#N)C(C)C)C1=NCC=C(N)c2ccccc21.CC.CC.[U]. The molecule has 148 valence electrons. The summed E-state index contributed by atoms with van der Waals surface area (Å²) in [5, 5.41) is 9.19. The van der Waals surface area contributed by atoms with Crippen LogP contribution in [0, 0.1) is 54.4 Å². The summed E-state index contributed by atoms with van der Waals surface area (Å²) in [6.07, 6.45) is 8.50. The van der Waals surface area contributed by atoms with E-state index in [1.54, 1.807) is 0 Å². The average molecular weight is 601 g/mol. The number of rotatable bonds is 4. The molecule has 0 atom stereocenters. The van der Waals surface area contributed by atoms with Gasteiger partial charge in [-0.15, -0.1) is 6.08 Å². The fraction of sp³-hybridized carbons (Fsp3) is 0.333. The third-order valence-electron chi connectivity index (χ3n) is 3.68. The molecular weight excluding hydrogens is 568 g/mol. The largest absolute Gasteiger partial charge is 0.398 e. The second kappa shape index (κ2) is 16.2. The van der Waals surface area contributed by atoms with Gasteiger partial charge in [-0.25, -0.2) is 0 Å². The standard InChI is InChI=1S/C20H20N3.2C2H6.U/c1-4-15(9-10-16(13-21)14(2)3)20-18-8-6-5-7-17(18)19(22)11-12-23-20;2*1-2;/h5-11,14H,1,12,22H2,2-3H3;2*1-2H3;/q-1;;;/b15-9+,16-10-;;;. The third-order valence-corrected chi connectivity index (χ3v) is 3.68. The van der Waals surface area contributed by atoms with Crippen molar-refractivity contribution >= 4 is 11.4 Å². The molecule has 0 saturated heterocycles. The van der Waals surface area contributed by atoms with Crippen molar-refractivity contribution in [1.29, 1.82) is 5.26 Å². The fourth-order valence-electron chi connectivity index (χ4n) is 2.36. The van der Waals surface area contributed by atoms with Gasteiger partial charge in [0.2, 0.25) is 0 Å². The van der Waals surface area contributed by atoms with Gasteiger partial charge in [-0.2, -0.15) is 29.6 Å². The summed E-state index contributed by atoms with van der Waals surface area (Å²) < 4.78 is 0. The van der Waals surface area contributed by atoms with Gasteiger partial charge < -0.3 is 10.7 Å². The van der Waals surface area contributed by atoms with E-state index in [1.165, 1.54) is 0 Å². The van der Waals surface area contributed by atoms with Crippen molar-refractivity contribution in [3.05, 3.63) is 77.4 Å². The molecule has 1 heterocycles. The van der Waals surface area contributed by atoms with Gasteiger partial charge in [0.25, 0.3) is 0 Å². The Bertz CT molecular complexity index is 775. The van der Waals surface area contributed by atoms with E-state index < -0.39 is 0 Å². The Labute approximate surface area is 195 Å². The molecule has 2 N–H and O–H groups in total. The smallest absolute Gasteiger partial charge is 0.0938 e. The van der Waals surface area contributed by atoms with E-state index in [2.05, 4.69) is 23.7 Å². The van der Waals surface area contributed by atoms with Crippen LogP contribution in [0.15, 0.2) is 65.2 Å². The van der Waals surface area contributed by atoms with Crippen molar-refractivity contribution in [3.8, 4) is 6.07 Å². The molecule has 3 nitrogen and oxygen atoms in total. The van der Waals surface area contributed by atoms with Crippen LogP contribution in [0.1, 0.15) is 52.7 Å². The monoisotopic (exact) mass is 600 g/mol. The molecule has 2 rings (SSSR count). The number of hydrogen-bond donors (Lipinski definition) is 1. The van der Waals surface area contributed by atoms with Crippen LogP contribution in [-0.2, 0) is 0 Å². The van der Waals surface area contributed by atoms with E-state index in [0.717, 1.165) is 28.1 Å². The Hall–Kier alpha value is -1.81. The van der Waals surface area contributed by atoms with Gasteiger partial charge >= 0.3 is 0 Å². The van der Waals surface area contributed by atoms with Crippen LogP contribution in [0.3, 0.4) is 0 Å².